The van der Waals surface area contributed by atoms with Crippen LogP contribution in [0.3, 0.4) is 0 Å². The number of nitrogens with one attached hydrogen (secondary N) is 1. The van der Waals surface area contributed by atoms with Crippen molar-refractivity contribution in [1.82, 2.24) is 15.1 Å². The van der Waals surface area contributed by atoms with Gasteiger partial charge in [0.1, 0.15) is 0 Å². The summed E-state index contributed by atoms with van der Waals surface area (Å²) in [7, 11) is 0. The molecule has 170 valence electrons. The second-order valence-corrected chi connectivity index (χ2v) is 8.64. The Morgan fingerprint density at radius 2 is 1.18 bits per heavy atom. The number of carbonyl (C=O) groups excluding carboxylic acids is 2. The fourth-order valence-corrected chi connectivity index (χ4v) is 4.27. The minimum Gasteiger partial charge on any atom is -0.345 e. The first-order chi connectivity index (χ1) is 16.2. The summed E-state index contributed by atoms with van der Waals surface area (Å²) < 4.78 is 0. The maximum atomic E-state index is 13.1. The Kier molecular flexibility index (Phi) is 7.88. The van der Waals surface area contributed by atoms with Crippen molar-refractivity contribution in [2.24, 2.45) is 0 Å². The van der Waals surface area contributed by atoms with E-state index >= 15 is 0 Å². The Morgan fingerprint density at radius 3 is 1.67 bits per heavy atom. The number of hydrogen-bond acceptors (Lipinski definition) is 3. The van der Waals surface area contributed by atoms with E-state index in [1.807, 2.05) is 66.7 Å². The first kappa shape index (κ1) is 22.7. The largest absolute Gasteiger partial charge is 0.345 e. The molecule has 5 nitrogen and oxygen atoms in total. The normalized spacial score (nSPS) is 14.5. The lowest BCUT2D eigenvalue weighted by atomic mass is 10.0. The maximum Gasteiger partial charge on any atom is 0.312 e. The number of benzene rings is 3. The molecule has 1 fully saturated rings. The summed E-state index contributed by atoms with van der Waals surface area (Å²) in [5.41, 5.74) is 3.31. The molecule has 1 saturated heterocycles. The smallest absolute Gasteiger partial charge is 0.312 e. The molecule has 3 aromatic carbocycles. The van der Waals surface area contributed by atoms with Gasteiger partial charge < -0.3 is 10.2 Å². The van der Waals surface area contributed by atoms with E-state index in [-0.39, 0.29) is 6.04 Å². The first-order valence-corrected chi connectivity index (χ1v) is 11.6. The zero-order valence-electron chi connectivity index (χ0n) is 18.9. The van der Waals surface area contributed by atoms with Crippen molar-refractivity contribution < 1.29 is 9.59 Å². The molecule has 4 rings (SSSR count). The van der Waals surface area contributed by atoms with Crippen LogP contribution in [0.5, 0.6) is 0 Å². The molecular weight excluding hydrogens is 410 g/mol. The third-order valence-electron chi connectivity index (χ3n) is 6.09. The average Bonchev–Trinajstić information content (AvgIpc) is 2.86. The van der Waals surface area contributed by atoms with Gasteiger partial charge in [-0.2, -0.15) is 0 Å². The van der Waals surface area contributed by atoms with E-state index in [1.165, 1.54) is 5.56 Å². The third-order valence-corrected chi connectivity index (χ3v) is 6.09. The minimum absolute atomic E-state index is 0.0313. The van der Waals surface area contributed by atoms with Gasteiger partial charge in [0.15, 0.2) is 0 Å². The molecule has 0 radical (unpaired) electrons. The Morgan fingerprint density at radius 1 is 0.727 bits per heavy atom. The van der Waals surface area contributed by atoms with Crippen LogP contribution in [0.1, 0.15) is 29.5 Å². The molecule has 5 heteroatoms. The number of nitrogens with zero attached hydrogens (tertiary/aromatic N) is 2. The second-order valence-electron chi connectivity index (χ2n) is 8.64. The number of rotatable bonds is 7. The quantitative estimate of drug-likeness (QED) is 0.564. The third kappa shape index (κ3) is 6.77. The molecule has 0 unspecified atom stereocenters. The van der Waals surface area contributed by atoms with Gasteiger partial charge in [-0.3, -0.25) is 14.5 Å². The van der Waals surface area contributed by atoms with E-state index < -0.39 is 11.8 Å². The van der Waals surface area contributed by atoms with Crippen LogP contribution in [0.25, 0.3) is 0 Å². The summed E-state index contributed by atoms with van der Waals surface area (Å²) >= 11 is 0. The standard InChI is InChI=1S/C28H31N3O2/c32-27(29-26-16-18-30(19-17-26)20-23-10-4-1-5-11-23)28(33)31(21-24-12-6-2-7-13-24)22-25-14-8-3-9-15-25/h1-15,26H,16-22H2,(H,29,32). The van der Waals surface area contributed by atoms with Crippen LogP contribution in [-0.4, -0.2) is 40.7 Å². The summed E-state index contributed by atoms with van der Waals surface area (Å²) in [6, 6.07) is 30.1. The summed E-state index contributed by atoms with van der Waals surface area (Å²) in [5.74, 6) is -0.988. The van der Waals surface area contributed by atoms with E-state index in [1.54, 1.807) is 4.90 Å². The number of amides is 2. The highest BCUT2D eigenvalue weighted by Gasteiger charge is 2.27. The highest BCUT2D eigenvalue weighted by atomic mass is 16.2. The molecule has 0 aromatic heterocycles. The van der Waals surface area contributed by atoms with Crippen LogP contribution in [0.4, 0.5) is 0 Å². The lowest BCUT2D eigenvalue weighted by Gasteiger charge is -2.32. The fourth-order valence-electron chi connectivity index (χ4n) is 4.27. The molecule has 0 bridgehead atoms. The number of likely N-dealkylation sites (tertiary alicyclic amines) is 1. The van der Waals surface area contributed by atoms with Crippen molar-refractivity contribution in [2.75, 3.05) is 13.1 Å². The fraction of sp³-hybridized carbons (Fsp3) is 0.286. The van der Waals surface area contributed by atoms with Gasteiger partial charge in [0, 0.05) is 38.8 Å². The van der Waals surface area contributed by atoms with Crippen LogP contribution < -0.4 is 5.32 Å². The van der Waals surface area contributed by atoms with Gasteiger partial charge in [0.05, 0.1) is 0 Å². The van der Waals surface area contributed by atoms with Crippen LogP contribution in [0.2, 0.25) is 0 Å². The molecule has 1 aliphatic heterocycles. The number of piperidine rings is 1. The predicted molar refractivity (Wildman–Crippen MR) is 130 cm³/mol. The van der Waals surface area contributed by atoms with Crippen molar-refractivity contribution in [3.8, 4) is 0 Å². The molecule has 0 atom stereocenters. The van der Waals surface area contributed by atoms with Gasteiger partial charge in [-0.25, -0.2) is 0 Å². The van der Waals surface area contributed by atoms with Crippen LogP contribution >= 0.6 is 0 Å². The van der Waals surface area contributed by atoms with Crippen LogP contribution in [-0.2, 0) is 29.2 Å². The van der Waals surface area contributed by atoms with E-state index in [4.69, 9.17) is 0 Å². The molecule has 0 spiro atoms. The van der Waals surface area contributed by atoms with Crippen molar-refractivity contribution in [3.63, 3.8) is 0 Å². The van der Waals surface area contributed by atoms with Crippen molar-refractivity contribution >= 4 is 11.8 Å². The Hall–Kier alpha value is -3.44. The predicted octanol–water partition coefficient (Wildman–Crippen LogP) is 4.00. The molecule has 2 amide bonds. The SMILES string of the molecule is O=C(NC1CCN(Cc2ccccc2)CC1)C(=O)N(Cc1ccccc1)Cc1ccccc1. The van der Waals surface area contributed by atoms with Crippen LogP contribution in [0.15, 0.2) is 91.0 Å². The van der Waals surface area contributed by atoms with Crippen molar-refractivity contribution in [1.29, 1.82) is 0 Å². The summed E-state index contributed by atoms with van der Waals surface area (Å²) in [6.45, 7) is 3.54. The van der Waals surface area contributed by atoms with Crippen molar-refractivity contribution in [3.05, 3.63) is 108 Å². The van der Waals surface area contributed by atoms with Gasteiger partial charge in [-0.05, 0) is 29.5 Å². The highest BCUT2D eigenvalue weighted by Crippen LogP contribution is 2.15. The van der Waals surface area contributed by atoms with E-state index in [0.717, 1.165) is 43.6 Å². The molecule has 3 aromatic rings. The molecule has 0 saturated carbocycles. The van der Waals surface area contributed by atoms with Gasteiger partial charge >= 0.3 is 11.8 Å². The number of hydrogen-bond donors (Lipinski definition) is 1. The van der Waals surface area contributed by atoms with E-state index in [0.29, 0.717) is 13.1 Å². The monoisotopic (exact) mass is 441 g/mol. The second kappa shape index (κ2) is 11.4. The molecular formula is C28H31N3O2. The van der Waals surface area contributed by atoms with Gasteiger partial charge in [-0.15, -0.1) is 0 Å². The Balaban J connectivity index is 1.33. The highest BCUT2D eigenvalue weighted by molar-refractivity contribution is 6.35. The van der Waals surface area contributed by atoms with Gasteiger partial charge in [0.25, 0.3) is 0 Å². The summed E-state index contributed by atoms with van der Waals surface area (Å²) in [5, 5.41) is 3.00. The maximum absolute atomic E-state index is 13.1. The van der Waals surface area contributed by atoms with Crippen LogP contribution in [0, 0.1) is 0 Å². The summed E-state index contributed by atoms with van der Waals surface area (Å²) in [4.78, 5) is 30.1. The molecule has 33 heavy (non-hydrogen) atoms. The van der Waals surface area contributed by atoms with E-state index in [2.05, 4.69) is 34.5 Å². The zero-order valence-corrected chi connectivity index (χ0v) is 18.9. The zero-order chi connectivity index (χ0) is 22.9. The molecule has 1 heterocycles. The lowest BCUT2D eigenvalue weighted by molar-refractivity contribution is -0.147. The summed E-state index contributed by atoms with van der Waals surface area (Å²) in [6.07, 6.45) is 1.70. The van der Waals surface area contributed by atoms with E-state index in [9.17, 15) is 9.59 Å². The lowest BCUT2D eigenvalue weighted by Crippen LogP contribution is -2.49. The van der Waals surface area contributed by atoms with Gasteiger partial charge in [0.2, 0.25) is 0 Å². The molecule has 1 N–H and O–H groups in total. The Labute approximate surface area is 196 Å². The topological polar surface area (TPSA) is 52.7 Å². The molecule has 0 aliphatic carbocycles. The number of carbonyl (C=O) groups is 2. The molecule has 1 aliphatic rings. The Bertz CT molecular complexity index is 975. The average molecular weight is 442 g/mol. The first-order valence-electron chi connectivity index (χ1n) is 11.6. The van der Waals surface area contributed by atoms with Crippen molar-refractivity contribution in [2.45, 2.75) is 38.5 Å². The minimum atomic E-state index is -0.511. The van der Waals surface area contributed by atoms with Gasteiger partial charge in [-0.1, -0.05) is 91.0 Å².